The highest BCUT2D eigenvalue weighted by Gasteiger charge is 2.48. The first-order valence-electron chi connectivity index (χ1n) is 8.23. The molecule has 2 atom stereocenters. The molecule has 0 bridgehead atoms. The summed E-state index contributed by atoms with van der Waals surface area (Å²) in [6, 6.07) is 8.91. The first-order chi connectivity index (χ1) is 10.5. The van der Waals surface area contributed by atoms with E-state index in [2.05, 4.69) is 68.2 Å². The first kappa shape index (κ1) is 13.8. The van der Waals surface area contributed by atoms with Crippen LogP contribution in [0.3, 0.4) is 0 Å². The van der Waals surface area contributed by atoms with Gasteiger partial charge in [0.1, 0.15) is 0 Å². The minimum atomic E-state index is 0.258. The highest BCUT2D eigenvalue weighted by atomic mass is 14.6. The Balaban J connectivity index is 1.81. The number of pyridine rings is 1. The van der Waals surface area contributed by atoms with Gasteiger partial charge in [0, 0.05) is 23.2 Å². The molecule has 0 amide bonds. The molecule has 2 aliphatic carbocycles. The van der Waals surface area contributed by atoms with Crippen molar-refractivity contribution in [3.05, 3.63) is 60.5 Å². The van der Waals surface area contributed by atoms with E-state index in [9.17, 15) is 0 Å². The minimum Gasteiger partial charge on any atom is -0.264 e. The van der Waals surface area contributed by atoms with Crippen LogP contribution in [-0.4, -0.2) is 4.98 Å². The van der Waals surface area contributed by atoms with E-state index in [0.717, 1.165) is 6.42 Å². The Morgan fingerprint density at radius 3 is 2.82 bits per heavy atom. The van der Waals surface area contributed by atoms with Crippen molar-refractivity contribution in [2.24, 2.45) is 16.7 Å². The highest BCUT2D eigenvalue weighted by Crippen LogP contribution is 2.59. The molecule has 2 aliphatic rings. The van der Waals surface area contributed by atoms with E-state index in [1.807, 2.05) is 12.4 Å². The van der Waals surface area contributed by atoms with Crippen LogP contribution in [0.25, 0.3) is 16.3 Å². The van der Waals surface area contributed by atoms with Crippen molar-refractivity contribution in [3.8, 4) is 0 Å². The summed E-state index contributed by atoms with van der Waals surface area (Å²) in [4.78, 5) is 4.27. The standard InChI is InChI=1S/C21H23N/c1-20(2)10-4-11-21(3)18(7-8-19(20)21)16-6-5-15-9-12-22-14-17(15)13-16/h4-7,9-10,12-14,19H,8,11H2,1-3H3. The summed E-state index contributed by atoms with van der Waals surface area (Å²) >= 11 is 0. The molecule has 4 rings (SSSR count). The number of hydrogen-bond donors (Lipinski definition) is 0. The van der Waals surface area contributed by atoms with Gasteiger partial charge >= 0.3 is 0 Å². The third-order valence-electron chi connectivity index (χ3n) is 5.88. The van der Waals surface area contributed by atoms with Crippen molar-refractivity contribution in [3.63, 3.8) is 0 Å². The first-order valence-corrected chi connectivity index (χ1v) is 8.23. The van der Waals surface area contributed by atoms with Crippen LogP contribution in [0.15, 0.2) is 54.9 Å². The number of aromatic nitrogens is 1. The molecule has 112 valence electrons. The van der Waals surface area contributed by atoms with Crippen LogP contribution >= 0.6 is 0 Å². The molecule has 0 N–H and O–H groups in total. The van der Waals surface area contributed by atoms with E-state index < -0.39 is 0 Å². The van der Waals surface area contributed by atoms with Crippen LogP contribution < -0.4 is 0 Å². The van der Waals surface area contributed by atoms with E-state index in [-0.39, 0.29) is 10.8 Å². The topological polar surface area (TPSA) is 12.9 Å². The Kier molecular flexibility index (Phi) is 2.84. The van der Waals surface area contributed by atoms with Gasteiger partial charge in [-0.15, -0.1) is 0 Å². The maximum absolute atomic E-state index is 4.27. The molecule has 0 spiro atoms. The lowest BCUT2D eigenvalue weighted by Crippen LogP contribution is -2.37. The Labute approximate surface area is 132 Å². The predicted octanol–water partition coefficient (Wildman–Crippen LogP) is 5.63. The lowest BCUT2D eigenvalue weighted by atomic mass is 9.58. The molecule has 2 aromatic rings. The molecule has 0 aliphatic heterocycles. The molecule has 0 fully saturated rings. The van der Waals surface area contributed by atoms with Crippen molar-refractivity contribution < 1.29 is 0 Å². The SMILES string of the molecule is CC1(C)C=CCC2(C)C(c3ccc4ccncc4c3)=CCC12. The van der Waals surface area contributed by atoms with Gasteiger partial charge in [0.2, 0.25) is 0 Å². The van der Waals surface area contributed by atoms with E-state index in [1.165, 1.54) is 28.3 Å². The van der Waals surface area contributed by atoms with Gasteiger partial charge in [-0.25, -0.2) is 0 Å². The molecule has 1 nitrogen and oxygen atoms in total. The van der Waals surface area contributed by atoms with E-state index in [4.69, 9.17) is 0 Å². The smallest absolute Gasteiger partial charge is 0.0346 e. The van der Waals surface area contributed by atoms with Crippen molar-refractivity contribution in [2.75, 3.05) is 0 Å². The second-order valence-electron chi connectivity index (χ2n) is 7.69. The Morgan fingerprint density at radius 1 is 1.09 bits per heavy atom. The highest BCUT2D eigenvalue weighted by molar-refractivity contribution is 5.87. The van der Waals surface area contributed by atoms with Gasteiger partial charge in [0.05, 0.1) is 0 Å². The Hall–Kier alpha value is -1.89. The van der Waals surface area contributed by atoms with Crippen molar-refractivity contribution in [2.45, 2.75) is 33.6 Å². The van der Waals surface area contributed by atoms with E-state index in [0.29, 0.717) is 5.92 Å². The number of benzene rings is 1. The number of rotatable bonds is 1. The summed E-state index contributed by atoms with van der Waals surface area (Å²) in [5.41, 5.74) is 3.44. The average Bonchev–Trinajstić information content (AvgIpc) is 2.85. The van der Waals surface area contributed by atoms with Gasteiger partial charge in [0.15, 0.2) is 0 Å². The van der Waals surface area contributed by atoms with E-state index >= 15 is 0 Å². The number of fused-ring (bicyclic) bond motifs is 2. The molecule has 22 heavy (non-hydrogen) atoms. The van der Waals surface area contributed by atoms with Crippen molar-refractivity contribution >= 4 is 16.3 Å². The molecular weight excluding hydrogens is 266 g/mol. The van der Waals surface area contributed by atoms with Gasteiger partial charge in [-0.2, -0.15) is 0 Å². The van der Waals surface area contributed by atoms with Crippen LogP contribution in [0.4, 0.5) is 0 Å². The fourth-order valence-corrected chi connectivity index (χ4v) is 4.72. The van der Waals surface area contributed by atoms with Gasteiger partial charge < -0.3 is 0 Å². The van der Waals surface area contributed by atoms with Gasteiger partial charge in [0.25, 0.3) is 0 Å². The molecule has 1 aromatic carbocycles. The van der Waals surface area contributed by atoms with Crippen LogP contribution in [0, 0.1) is 16.7 Å². The van der Waals surface area contributed by atoms with Crippen molar-refractivity contribution in [1.29, 1.82) is 0 Å². The largest absolute Gasteiger partial charge is 0.264 e. The molecule has 2 unspecified atom stereocenters. The molecule has 1 aromatic heterocycles. The van der Waals surface area contributed by atoms with Crippen LogP contribution in [0.1, 0.15) is 39.2 Å². The second kappa shape index (κ2) is 4.55. The maximum Gasteiger partial charge on any atom is 0.0346 e. The zero-order chi connectivity index (χ0) is 15.4. The zero-order valence-electron chi connectivity index (χ0n) is 13.6. The maximum atomic E-state index is 4.27. The van der Waals surface area contributed by atoms with Crippen LogP contribution in [0.5, 0.6) is 0 Å². The summed E-state index contributed by atoms with van der Waals surface area (Å²) in [7, 11) is 0. The van der Waals surface area contributed by atoms with Gasteiger partial charge in [-0.3, -0.25) is 4.98 Å². The van der Waals surface area contributed by atoms with E-state index in [1.54, 1.807) is 0 Å². The zero-order valence-corrected chi connectivity index (χ0v) is 13.6. The second-order valence-corrected chi connectivity index (χ2v) is 7.69. The molecular formula is C21H23N. The molecule has 1 heterocycles. The van der Waals surface area contributed by atoms with Gasteiger partial charge in [-0.05, 0) is 52.8 Å². The fraction of sp³-hybridized carbons (Fsp3) is 0.381. The van der Waals surface area contributed by atoms with Crippen molar-refractivity contribution in [1.82, 2.24) is 4.98 Å². The van der Waals surface area contributed by atoms with Gasteiger partial charge in [-0.1, -0.05) is 51.1 Å². The average molecular weight is 289 g/mol. The summed E-state index contributed by atoms with van der Waals surface area (Å²) in [5, 5.41) is 2.50. The number of nitrogens with zero attached hydrogens (tertiary/aromatic N) is 1. The molecule has 0 saturated heterocycles. The third kappa shape index (κ3) is 1.88. The Morgan fingerprint density at radius 2 is 1.95 bits per heavy atom. The lowest BCUT2D eigenvalue weighted by Gasteiger charge is -2.45. The normalized spacial score (nSPS) is 29.4. The Bertz CT molecular complexity index is 796. The number of allylic oxidation sites excluding steroid dienone is 4. The van der Waals surface area contributed by atoms with Crippen LogP contribution in [0.2, 0.25) is 0 Å². The summed E-state index contributed by atoms with van der Waals surface area (Å²) in [6.07, 6.45) is 13.5. The number of hydrogen-bond acceptors (Lipinski definition) is 1. The minimum absolute atomic E-state index is 0.258. The fourth-order valence-electron chi connectivity index (χ4n) is 4.72. The third-order valence-corrected chi connectivity index (χ3v) is 5.88. The lowest BCUT2D eigenvalue weighted by molar-refractivity contribution is 0.147. The molecule has 0 saturated carbocycles. The monoisotopic (exact) mass is 289 g/mol. The molecule has 0 radical (unpaired) electrons. The summed E-state index contributed by atoms with van der Waals surface area (Å²) < 4.78 is 0. The summed E-state index contributed by atoms with van der Waals surface area (Å²) in [5.74, 6) is 0.699. The summed E-state index contributed by atoms with van der Waals surface area (Å²) in [6.45, 7) is 7.22. The quantitative estimate of drug-likeness (QED) is 0.620. The van der Waals surface area contributed by atoms with Crippen LogP contribution in [-0.2, 0) is 0 Å². The predicted molar refractivity (Wildman–Crippen MR) is 93.5 cm³/mol. The molecule has 1 heteroatoms.